The van der Waals surface area contributed by atoms with E-state index in [0.717, 1.165) is 32.9 Å². The van der Waals surface area contributed by atoms with Crippen LogP contribution >= 0.6 is 15.9 Å². The van der Waals surface area contributed by atoms with E-state index < -0.39 is 0 Å². The molecular formula is C13H16BrN3. The molecular weight excluding hydrogens is 278 g/mol. The molecule has 0 radical (unpaired) electrons. The van der Waals surface area contributed by atoms with Gasteiger partial charge in [0.2, 0.25) is 0 Å². The summed E-state index contributed by atoms with van der Waals surface area (Å²) in [5.74, 6) is 2.40. The quantitative estimate of drug-likeness (QED) is 0.786. The normalized spacial score (nSPS) is 24.6. The fourth-order valence-corrected chi connectivity index (χ4v) is 3.33. The minimum Gasteiger partial charge on any atom is -0.397 e. The van der Waals surface area contributed by atoms with Crippen LogP contribution in [0, 0.1) is 5.92 Å². The van der Waals surface area contributed by atoms with E-state index in [9.17, 15) is 0 Å². The molecule has 90 valence electrons. The van der Waals surface area contributed by atoms with Crippen LogP contribution < -0.4 is 5.73 Å². The van der Waals surface area contributed by atoms with Crippen LogP contribution in [0.5, 0.6) is 0 Å². The van der Waals surface area contributed by atoms with Gasteiger partial charge in [0.15, 0.2) is 0 Å². The summed E-state index contributed by atoms with van der Waals surface area (Å²) in [6.45, 7) is 2.31. The second-order valence-corrected chi connectivity index (χ2v) is 5.94. The number of hydrogen-bond acceptors (Lipinski definition) is 2. The van der Waals surface area contributed by atoms with Gasteiger partial charge in [-0.15, -0.1) is 0 Å². The number of aromatic nitrogens is 2. The first-order valence-corrected chi connectivity index (χ1v) is 6.89. The second-order valence-electron chi connectivity index (χ2n) is 5.03. The van der Waals surface area contributed by atoms with Gasteiger partial charge in [0.05, 0.1) is 11.2 Å². The average Bonchev–Trinajstić information content (AvgIpc) is 2.83. The van der Waals surface area contributed by atoms with Gasteiger partial charge in [-0.25, -0.2) is 4.98 Å². The molecule has 0 saturated heterocycles. The first-order chi connectivity index (χ1) is 8.15. The number of hydrogen-bond donors (Lipinski definition) is 2. The Morgan fingerprint density at radius 3 is 2.94 bits per heavy atom. The van der Waals surface area contributed by atoms with Gasteiger partial charge in [-0.2, -0.15) is 0 Å². The zero-order valence-electron chi connectivity index (χ0n) is 9.83. The molecule has 0 amide bonds. The number of H-pyrrole nitrogens is 1. The molecule has 2 unspecified atom stereocenters. The largest absolute Gasteiger partial charge is 0.397 e. The fraction of sp³-hybridized carbons (Fsp3) is 0.462. The monoisotopic (exact) mass is 293 g/mol. The third kappa shape index (κ3) is 1.84. The number of imidazole rings is 1. The molecule has 1 saturated carbocycles. The highest BCUT2D eigenvalue weighted by Gasteiger charge is 2.27. The van der Waals surface area contributed by atoms with Crippen LogP contribution in [0.25, 0.3) is 11.0 Å². The summed E-state index contributed by atoms with van der Waals surface area (Å²) in [6.07, 6.45) is 3.85. The minimum atomic E-state index is 0.570. The van der Waals surface area contributed by atoms with Gasteiger partial charge >= 0.3 is 0 Å². The van der Waals surface area contributed by atoms with Gasteiger partial charge in [0.1, 0.15) is 11.3 Å². The summed E-state index contributed by atoms with van der Waals surface area (Å²) in [6, 6.07) is 3.95. The third-order valence-corrected chi connectivity index (χ3v) is 4.27. The van der Waals surface area contributed by atoms with E-state index in [4.69, 9.17) is 5.73 Å². The van der Waals surface area contributed by atoms with Crippen molar-refractivity contribution in [2.24, 2.45) is 5.92 Å². The maximum atomic E-state index is 5.99. The van der Waals surface area contributed by atoms with E-state index in [1.54, 1.807) is 0 Å². The number of nitrogens with one attached hydrogen (secondary N) is 1. The van der Waals surface area contributed by atoms with Crippen molar-refractivity contribution in [2.45, 2.75) is 32.1 Å². The van der Waals surface area contributed by atoms with Crippen LogP contribution in [0.15, 0.2) is 16.6 Å². The number of halogens is 1. The van der Waals surface area contributed by atoms with Crippen LogP contribution in [0.4, 0.5) is 5.69 Å². The standard InChI is InChI=1S/C13H16BrN3/c1-7-3-2-4-9(7)13-16-11-6-8(14)5-10(15)12(11)17-13/h5-7,9H,2-4,15H2,1H3,(H,16,17). The first-order valence-electron chi connectivity index (χ1n) is 6.10. The molecule has 4 heteroatoms. The summed E-state index contributed by atoms with van der Waals surface area (Å²) in [4.78, 5) is 8.11. The van der Waals surface area contributed by atoms with Crippen LogP contribution in [-0.2, 0) is 0 Å². The van der Waals surface area contributed by atoms with E-state index >= 15 is 0 Å². The van der Waals surface area contributed by atoms with E-state index in [2.05, 4.69) is 32.8 Å². The number of nitrogen functional groups attached to an aromatic ring is 1. The SMILES string of the molecule is CC1CCCC1c1nc2c(N)cc(Br)cc2[nH]1. The number of nitrogens with zero attached hydrogens (tertiary/aromatic N) is 1. The van der Waals surface area contributed by atoms with Crippen LogP contribution in [0.1, 0.15) is 37.9 Å². The molecule has 1 aromatic heterocycles. The smallest absolute Gasteiger partial charge is 0.112 e. The van der Waals surface area contributed by atoms with Gasteiger partial charge in [-0.1, -0.05) is 29.3 Å². The Kier molecular flexibility index (Phi) is 2.62. The van der Waals surface area contributed by atoms with Crippen LogP contribution in [0.3, 0.4) is 0 Å². The zero-order valence-corrected chi connectivity index (χ0v) is 11.4. The fourth-order valence-electron chi connectivity index (χ4n) is 2.85. The Hall–Kier alpha value is -1.03. The molecule has 0 spiro atoms. The highest BCUT2D eigenvalue weighted by Crippen LogP contribution is 2.39. The Bertz CT molecular complexity index is 561. The van der Waals surface area contributed by atoms with Crippen LogP contribution in [-0.4, -0.2) is 9.97 Å². The molecule has 0 aliphatic heterocycles. The van der Waals surface area contributed by atoms with Gasteiger partial charge in [-0.05, 0) is 30.9 Å². The van der Waals surface area contributed by atoms with E-state index in [1.807, 2.05) is 12.1 Å². The zero-order chi connectivity index (χ0) is 12.0. The summed E-state index contributed by atoms with van der Waals surface area (Å²) < 4.78 is 0.997. The number of fused-ring (bicyclic) bond motifs is 1. The highest BCUT2D eigenvalue weighted by molar-refractivity contribution is 9.10. The lowest BCUT2D eigenvalue weighted by molar-refractivity contribution is 0.514. The van der Waals surface area contributed by atoms with E-state index in [0.29, 0.717) is 5.92 Å². The Morgan fingerprint density at radius 2 is 2.24 bits per heavy atom. The maximum Gasteiger partial charge on any atom is 0.112 e. The van der Waals surface area contributed by atoms with Crippen molar-refractivity contribution in [1.82, 2.24) is 9.97 Å². The van der Waals surface area contributed by atoms with Gasteiger partial charge in [0.25, 0.3) is 0 Å². The number of aromatic amines is 1. The molecule has 1 aliphatic carbocycles. The molecule has 2 aromatic rings. The Morgan fingerprint density at radius 1 is 1.41 bits per heavy atom. The molecule has 3 N–H and O–H groups in total. The van der Waals surface area contributed by atoms with Crippen molar-refractivity contribution in [3.05, 3.63) is 22.4 Å². The first kappa shape index (κ1) is 11.1. The van der Waals surface area contributed by atoms with Crippen LogP contribution in [0.2, 0.25) is 0 Å². The van der Waals surface area contributed by atoms with Crippen molar-refractivity contribution in [3.63, 3.8) is 0 Å². The highest BCUT2D eigenvalue weighted by atomic mass is 79.9. The van der Waals surface area contributed by atoms with Crippen molar-refractivity contribution in [3.8, 4) is 0 Å². The lowest BCUT2D eigenvalue weighted by Crippen LogP contribution is -2.03. The molecule has 1 aromatic carbocycles. The summed E-state index contributed by atoms with van der Waals surface area (Å²) in [5, 5.41) is 0. The minimum absolute atomic E-state index is 0.570. The molecule has 2 atom stereocenters. The lowest BCUT2D eigenvalue weighted by Gasteiger charge is -2.11. The van der Waals surface area contributed by atoms with Crippen molar-refractivity contribution in [2.75, 3.05) is 5.73 Å². The molecule has 0 bridgehead atoms. The summed E-state index contributed by atoms with van der Waals surface area (Å²) in [7, 11) is 0. The third-order valence-electron chi connectivity index (χ3n) is 3.81. The average molecular weight is 294 g/mol. The molecule has 3 nitrogen and oxygen atoms in total. The molecule has 1 heterocycles. The van der Waals surface area contributed by atoms with E-state index in [-0.39, 0.29) is 0 Å². The predicted octanol–water partition coefficient (Wildman–Crippen LogP) is 3.81. The number of nitrogens with two attached hydrogens (primary N) is 1. The molecule has 1 aliphatic rings. The molecule has 17 heavy (non-hydrogen) atoms. The summed E-state index contributed by atoms with van der Waals surface area (Å²) >= 11 is 3.46. The Labute approximate surface area is 109 Å². The molecule has 3 rings (SSSR count). The van der Waals surface area contributed by atoms with Crippen molar-refractivity contribution in [1.29, 1.82) is 0 Å². The summed E-state index contributed by atoms with van der Waals surface area (Å²) in [5.41, 5.74) is 8.67. The second kappa shape index (κ2) is 4.02. The van der Waals surface area contributed by atoms with Gasteiger partial charge in [-0.3, -0.25) is 0 Å². The predicted molar refractivity (Wildman–Crippen MR) is 74.0 cm³/mol. The van der Waals surface area contributed by atoms with E-state index in [1.165, 1.54) is 19.3 Å². The van der Waals surface area contributed by atoms with Gasteiger partial charge < -0.3 is 10.7 Å². The maximum absolute atomic E-state index is 5.99. The van der Waals surface area contributed by atoms with Crippen molar-refractivity contribution < 1.29 is 0 Å². The number of benzene rings is 1. The van der Waals surface area contributed by atoms with Gasteiger partial charge in [0, 0.05) is 10.4 Å². The number of anilines is 1. The molecule has 1 fully saturated rings. The topological polar surface area (TPSA) is 54.7 Å². The lowest BCUT2D eigenvalue weighted by atomic mass is 9.98. The number of rotatable bonds is 1. The Balaban J connectivity index is 2.10. The van der Waals surface area contributed by atoms with Crippen molar-refractivity contribution >= 4 is 32.7 Å².